The number of benzene rings is 1. The molecule has 5 nitrogen and oxygen atoms in total. The number of aromatic nitrogens is 5. The van der Waals surface area contributed by atoms with Crippen molar-refractivity contribution < 1.29 is 13.2 Å². The van der Waals surface area contributed by atoms with E-state index in [0.29, 0.717) is 0 Å². The molecule has 3 rings (SSSR count). The van der Waals surface area contributed by atoms with Crippen molar-refractivity contribution in [1.82, 2.24) is 25.0 Å². The van der Waals surface area contributed by atoms with Crippen molar-refractivity contribution in [3.63, 3.8) is 0 Å². The maximum atomic E-state index is 12.7. The van der Waals surface area contributed by atoms with Gasteiger partial charge in [0.1, 0.15) is 0 Å². The van der Waals surface area contributed by atoms with Crippen LogP contribution in [0.5, 0.6) is 0 Å². The fourth-order valence-corrected chi connectivity index (χ4v) is 2.02. The standard InChI is InChI=1S/C12H7ClF3N5/c13-9-8-10(18-11(17-9)12(14,15)16)21(20-19-8)6-7-4-2-1-3-5-7/h1-5H,6H2. The van der Waals surface area contributed by atoms with E-state index in [1.54, 1.807) is 0 Å². The second-order valence-electron chi connectivity index (χ2n) is 4.24. The largest absolute Gasteiger partial charge is 0.451 e. The van der Waals surface area contributed by atoms with Gasteiger partial charge in [-0.2, -0.15) is 13.2 Å². The molecule has 0 fully saturated rings. The average Bonchev–Trinajstić information content (AvgIpc) is 2.83. The third-order valence-corrected chi connectivity index (χ3v) is 3.01. The molecule has 0 aliphatic rings. The molecule has 1 aromatic carbocycles. The van der Waals surface area contributed by atoms with Crippen LogP contribution in [0.15, 0.2) is 30.3 Å². The van der Waals surface area contributed by atoms with E-state index in [1.165, 1.54) is 4.68 Å². The van der Waals surface area contributed by atoms with E-state index < -0.39 is 12.0 Å². The molecule has 108 valence electrons. The Morgan fingerprint density at radius 2 is 1.81 bits per heavy atom. The van der Waals surface area contributed by atoms with Gasteiger partial charge in [-0.15, -0.1) is 5.10 Å². The normalized spacial score (nSPS) is 12.0. The summed E-state index contributed by atoms with van der Waals surface area (Å²) < 4.78 is 39.4. The summed E-state index contributed by atoms with van der Waals surface area (Å²) in [5.41, 5.74) is 0.847. The van der Waals surface area contributed by atoms with E-state index in [-0.39, 0.29) is 22.9 Å². The first kappa shape index (κ1) is 13.7. The molecule has 0 amide bonds. The number of fused-ring (bicyclic) bond motifs is 1. The van der Waals surface area contributed by atoms with Crippen molar-refractivity contribution >= 4 is 22.8 Å². The molecule has 0 atom stereocenters. The Labute approximate surface area is 121 Å². The number of hydrogen-bond donors (Lipinski definition) is 0. The maximum absolute atomic E-state index is 12.7. The highest BCUT2D eigenvalue weighted by Gasteiger charge is 2.36. The van der Waals surface area contributed by atoms with Crippen LogP contribution >= 0.6 is 11.6 Å². The number of nitrogens with zero attached hydrogens (tertiary/aromatic N) is 5. The van der Waals surface area contributed by atoms with Crippen molar-refractivity contribution in [3.8, 4) is 0 Å². The molecule has 21 heavy (non-hydrogen) atoms. The van der Waals surface area contributed by atoms with Gasteiger partial charge in [-0.1, -0.05) is 47.1 Å². The van der Waals surface area contributed by atoms with Crippen molar-refractivity contribution in [2.45, 2.75) is 12.7 Å². The van der Waals surface area contributed by atoms with E-state index in [2.05, 4.69) is 20.3 Å². The summed E-state index contributed by atoms with van der Waals surface area (Å²) in [6.07, 6.45) is -4.68. The van der Waals surface area contributed by atoms with Gasteiger partial charge in [-0.3, -0.25) is 0 Å². The van der Waals surface area contributed by atoms with Crippen molar-refractivity contribution in [2.24, 2.45) is 0 Å². The Morgan fingerprint density at radius 3 is 2.48 bits per heavy atom. The number of hydrogen-bond acceptors (Lipinski definition) is 4. The summed E-state index contributed by atoms with van der Waals surface area (Å²) in [7, 11) is 0. The minimum Gasteiger partial charge on any atom is -0.222 e. The molecule has 0 spiro atoms. The topological polar surface area (TPSA) is 56.5 Å². The monoisotopic (exact) mass is 313 g/mol. The fraction of sp³-hybridized carbons (Fsp3) is 0.167. The Morgan fingerprint density at radius 1 is 1.10 bits per heavy atom. The van der Waals surface area contributed by atoms with Gasteiger partial charge < -0.3 is 0 Å². The Kier molecular flexibility index (Phi) is 3.25. The number of rotatable bonds is 2. The van der Waals surface area contributed by atoms with E-state index in [0.717, 1.165) is 5.56 Å². The van der Waals surface area contributed by atoms with Crippen molar-refractivity contribution in [2.75, 3.05) is 0 Å². The third-order valence-electron chi connectivity index (χ3n) is 2.75. The van der Waals surface area contributed by atoms with Crippen LogP contribution in [0.25, 0.3) is 11.2 Å². The molecule has 0 aliphatic carbocycles. The smallest absolute Gasteiger partial charge is 0.222 e. The van der Waals surface area contributed by atoms with Crippen LogP contribution in [-0.4, -0.2) is 25.0 Å². The molecule has 3 aromatic rings. The maximum Gasteiger partial charge on any atom is 0.451 e. The van der Waals surface area contributed by atoms with E-state index in [9.17, 15) is 13.2 Å². The van der Waals surface area contributed by atoms with Crippen molar-refractivity contribution in [1.29, 1.82) is 0 Å². The highest BCUT2D eigenvalue weighted by Crippen LogP contribution is 2.29. The SMILES string of the molecule is FC(F)(F)c1nc(Cl)c2nnn(Cc3ccccc3)c2n1. The van der Waals surface area contributed by atoms with Gasteiger partial charge >= 0.3 is 6.18 Å². The lowest BCUT2D eigenvalue weighted by Gasteiger charge is -2.06. The fourth-order valence-electron chi connectivity index (χ4n) is 1.81. The van der Waals surface area contributed by atoms with Crippen LogP contribution in [-0.2, 0) is 12.7 Å². The van der Waals surface area contributed by atoms with Gasteiger partial charge in [-0.25, -0.2) is 14.6 Å². The highest BCUT2D eigenvalue weighted by molar-refractivity contribution is 6.33. The van der Waals surface area contributed by atoms with Crippen LogP contribution in [0, 0.1) is 0 Å². The van der Waals surface area contributed by atoms with Crippen LogP contribution in [0.4, 0.5) is 13.2 Å². The van der Waals surface area contributed by atoms with E-state index in [4.69, 9.17) is 11.6 Å². The van der Waals surface area contributed by atoms with E-state index >= 15 is 0 Å². The lowest BCUT2D eigenvalue weighted by molar-refractivity contribution is -0.144. The van der Waals surface area contributed by atoms with Crippen LogP contribution in [0.1, 0.15) is 11.4 Å². The zero-order valence-corrected chi connectivity index (χ0v) is 11.1. The first-order valence-electron chi connectivity index (χ1n) is 5.83. The van der Waals surface area contributed by atoms with Gasteiger partial charge in [0.25, 0.3) is 0 Å². The molecule has 2 aromatic heterocycles. The Hall–Kier alpha value is -2.22. The molecule has 0 saturated carbocycles. The lowest BCUT2D eigenvalue weighted by Crippen LogP contribution is -2.12. The lowest BCUT2D eigenvalue weighted by atomic mass is 10.2. The summed E-state index contributed by atoms with van der Waals surface area (Å²) in [5, 5.41) is 7.14. The van der Waals surface area contributed by atoms with Crippen LogP contribution in [0.3, 0.4) is 0 Å². The van der Waals surface area contributed by atoms with Gasteiger partial charge in [0.2, 0.25) is 5.82 Å². The molecule has 0 aliphatic heterocycles. The first-order chi connectivity index (χ1) is 9.95. The molecular formula is C12H7ClF3N5. The molecule has 2 heterocycles. The zero-order chi connectivity index (χ0) is 15.0. The third kappa shape index (κ3) is 2.66. The number of halogens is 4. The summed E-state index contributed by atoms with van der Waals surface area (Å²) in [4.78, 5) is 6.69. The summed E-state index contributed by atoms with van der Waals surface area (Å²) in [6.45, 7) is 0.238. The summed E-state index contributed by atoms with van der Waals surface area (Å²) in [6, 6.07) is 9.11. The summed E-state index contributed by atoms with van der Waals surface area (Å²) in [5.74, 6) is -1.31. The molecule has 0 unspecified atom stereocenters. The van der Waals surface area contributed by atoms with E-state index in [1.807, 2.05) is 30.3 Å². The van der Waals surface area contributed by atoms with Gasteiger partial charge in [0, 0.05) is 0 Å². The molecule has 0 radical (unpaired) electrons. The second-order valence-corrected chi connectivity index (χ2v) is 4.60. The van der Waals surface area contributed by atoms with Crippen LogP contribution < -0.4 is 0 Å². The van der Waals surface area contributed by atoms with Gasteiger partial charge in [0.05, 0.1) is 6.54 Å². The van der Waals surface area contributed by atoms with Gasteiger partial charge in [0.15, 0.2) is 16.3 Å². The molecule has 0 saturated heterocycles. The molecular weight excluding hydrogens is 307 g/mol. The van der Waals surface area contributed by atoms with Gasteiger partial charge in [-0.05, 0) is 5.56 Å². The zero-order valence-electron chi connectivity index (χ0n) is 10.3. The minimum atomic E-state index is -4.68. The first-order valence-corrected chi connectivity index (χ1v) is 6.21. The minimum absolute atomic E-state index is 0.0422. The Bertz CT molecular complexity index is 785. The molecule has 9 heteroatoms. The number of alkyl halides is 3. The molecule has 0 N–H and O–H groups in total. The Balaban J connectivity index is 2.10. The predicted molar refractivity (Wildman–Crippen MR) is 68.7 cm³/mol. The average molecular weight is 314 g/mol. The van der Waals surface area contributed by atoms with Crippen molar-refractivity contribution in [3.05, 3.63) is 46.9 Å². The van der Waals surface area contributed by atoms with Crippen LogP contribution in [0.2, 0.25) is 5.15 Å². The summed E-state index contributed by atoms with van der Waals surface area (Å²) >= 11 is 5.72. The second kappa shape index (κ2) is 4.96. The predicted octanol–water partition coefficient (Wildman–Crippen LogP) is 2.94. The molecule has 0 bridgehead atoms. The highest BCUT2D eigenvalue weighted by atomic mass is 35.5. The quantitative estimate of drug-likeness (QED) is 0.683.